The van der Waals surface area contributed by atoms with Gasteiger partial charge in [-0.05, 0) is 78.5 Å². The zero-order chi connectivity index (χ0) is 21.4. The van der Waals surface area contributed by atoms with Crippen molar-refractivity contribution >= 4 is 48.9 Å². The zero-order valence-corrected chi connectivity index (χ0v) is 19.9. The third kappa shape index (κ3) is 4.84. The van der Waals surface area contributed by atoms with Gasteiger partial charge in [0.25, 0.3) is 0 Å². The maximum atomic E-state index is 13.0. The fraction of sp³-hybridized carbons (Fsp3) is 0.385. The fourth-order valence-corrected chi connectivity index (χ4v) is 6.67. The Balaban J connectivity index is 1.25. The lowest BCUT2D eigenvalue weighted by molar-refractivity contribution is -0.117. The highest BCUT2D eigenvalue weighted by Gasteiger charge is 2.35. The number of rotatable bonds is 7. The number of nitrogens with zero attached hydrogens (tertiary/aromatic N) is 1. The van der Waals surface area contributed by atoms with Crippen molar-refractivity contribution in [1.82, 2.24) is 4.90 Å². The molecule has 0 amide bonds. The van der Waals surface area contributed by atoms with E-state index in [1.54, 1.807) is 11.3 Å². The van der Waals surface area contributed by atoms with Gasteiger partial charge in [0.05, 0.1) is 4.88 Å². The van der Waals surface area contributed by atoms with E-state index in [1.807, 2.05) is 36.4 Å². The molecule has 6 rings (SSSR count). The second-order valence-corrected chi connectivity index (χ2v) is 11.0. The van der Waals surface area contributed by atoms with Crippen LogP contribution in [-0.4, -0.2) is 36.1 Å². The number of ketones is 2. The number of hydrogen-bond donors (Lipinski definition) is 0. The van der Waals surface area contributed by atoms with Crippen LogP contribution in [0.5, 0.6) is 0 Å². The highest BCUT2D eigenvalue weighted by molar-refractivity contribution is 9.10. The third-order valence-electron chi connectivity index (χ3n) is 6.79. The number of carbonyl (C=O) groups excluding carboxylic acids is 2. The van der Waals surface area contributed by atoms with E-state index in [2.05, 4.69) is 33.0 Å². The van der Waals surface area contributed by atoms with Crippen LogP contribution in [0.1, 0.15) is 40.1 Å². The lowest BCUT2D eigenvalue weighted by Gasteiger charge is -2.44. The lowest BCUT2D eigenvalue weighted by atomic mass is 9.76. The van der Waals surface area contributed by atoms with Gasteiger partial charge in [-0.3, -0.25) is 9.59 Å². The van der Waals surface area contributed by atoms with Gasteiger partial charge in [-0.1, -0.05) is 40.2 Å². The molecule has 3 aliphatic heterocycles. The molecule has 5 heteroatoms. The molecule has 0 aliphatic carbocycles. The molecule has 0 radical (unpaired) electrons. The minimum atomic E-state index is 0.202. The normalized spacial score (nSPS) is 22.7. The number of benzene rings is 2. The molecule has 0 unspecified atom stereocenters. The van der Waals surface area contributed by atoms with Crippen molar-refractivity contribution in [2.45, 2.75) is 32.1 Å². The third-order valence-corrected chi connectivity index (χ3v) is 8.42. The largest absolute Gasteiger partial charge is 0.303 e. The van der Waals surface area contributed by atoms with Crippen molar-refractivity contribution in [2.24, 2.45) is 11.8 Å². The summed E-state index contributed by atoms with van der Waals surface area (Å²) < 4.78 is 2.10. The van der Waals surface area contributed by atoms with Crippen molar-refractivity contribution in [3.63, 3.8) is 0 Å². The summed E-state index contributed by atoms with van der Waals surface area (Å²) in [5.74, 6) is 1.73. The Hall–Kier alpha value is -1.82. The standard InChI is InChI=1S/C26H26BrNO2S/c27-22-3-1-2-17(10-22)11-23(29)12-18-4-5-20-15-26(31-25(20)13-18)24(30)14-21-16-28-8-6-19(21)7-9-28/h1-5,10,13,15,19,21H,6-9,11-12,14,16H2/t21-/m0/s1. The summed E-state index contributed by atoms with van der Waals surface area (Å²) in [7, 11) is 0. The van der Waals surface area contributed by atoms with Gasteiger partial charge in [-0.15, -0.1) is 11.3 Å². The van der Waals surface area contributed by atoms with Crippen LogP contribution >= 0.6 is 27.3 Å². The maximum absolute atomic E-state index is 13.0. The molecular weight excluding hydrogens is 470 g/mol. The maximum Gasteiger partial charge on any atom is 0.173 e. The SMILES string of the molecule is O=C(Cc1cccc(Br)c1)Cc1ccc2cc(C(=O)C[C@H]3CN4CCC3CC4)sc2c1. The molecule has 0 spiro atoms. The van der Waals surface area contributed by atoms with E-state index in [9.17, 15) is 9.59 Å². The predicted molar refractivity (Wildman–Crippen MR) is 130 cm³/mol. The molecule has 160 valence electrons. The van der Waals surface area contributed by atoms with Crippen LogP contribution in [0.25, 0.3) is 10.1 Å². The van der Waals surface area contributed by atoms with Gasteiger partial charge in [-0.2, -0.15) is 0 Å². The Morgan fingerprint density at radius 2 is 1.77 bits per heavy atom. The van der Waals surface area contributed by atoms with Gasteiger partial charge in [0.15, 0.2) is 5.78 Å². The molecule has 1 atom stereocenters. The van der Waals surface area contributed by atoms with Crippen LogP contribution in [0, 0.1) is 11.8 Å². The van der Waals surface area contributed by atoms with Crippen LogP contribution in [0.15, 0.2) is 53.0 Å². The van der Waals surface area contributed by atoms with Gasteiger partial charge < -0.3 is 4.90 Å². The summed E-state index contributed by atoms with van der Waals surface area (Å²) >= 11 is 5.04. The number of Topliss-reactive ketones (excluding diaryl/α,β-unsaturated/α-hetero) is 2. The van der Waals surface area contributed by atoms with E-state index < -0.39 is 0 Å². The Kier molecular flexibility index (Phi) is 6.09. The van der Waals surface area contributed by atoms with Crippen molar-refractivity contribution in [2.75, 3.05) is 19.6 Å². The number of thiophene rings is 1. The van der Waals surface area contributed by atoms with Crippen LogP contribution < -0.4 is 0 Å². The molecule has 3 nitrogen and oxygen atoms in total. The second-order valence-electron chi connectivity index (χ2n) is 9.03. The van der Waals surface area contributed by atoms with Gasteiger partial charge in [0.1, 0.15) is 5.78 Å². The summed E-state index contributed by atoms with van der Waals surface area (Å²) in [5, 5.41) is 1.10. The zero-order valence-electron chi connectivity index (χ0n) is 17.5. The van der Waals surface area contributed by atoms with Gasteiger partial charge in [0.2, 0.25) is 0 Å². The lowest BCUT2D eigenvalue weighted by Crippen LogP contribution is -2.47. The van der Waals surface area contributed by atoms with Crippen LogP contribution in [0.3, 0.4) is 0 Å². The molecule has 0 N–H and O–H groups in total. The van der Waals surface area contributed by atoms with E-state index in [1.165, 1.54) is 25.9 Å². The summed E-state index contributed by atoms with van der Waals surface area (Å²) in [6, 6.07) is 16.1. The fourth-order valence-electron chi connectivity index (χ4n) is 5.15. The number of piperidine rings is 3. The number of carbonyl (C=O) groups is 2. The predicted octanol–water partition coefficient (Wildman–Crippen LogP) is 5.93. The molecule has 1 aromatic heterocycles. The van der Waals surface area contributed by atoms with Crippen LogP contribution in [-0.2, 0) is 17.6 Å². The highest BCUT2D eigenvalue weighted by atomic mass is 79.9. The average Bonchev–Trinajstić information content (AvgIpc) is 3.18. The Bertz CT molecular complexity index is 1130. The number of fused-ring (bicyclic) bond motifs is 4. The molecule has 3 aromatic rings. The molecule has 4 heterocycles. The second kappa shape index (κ2) is 8.97. The molecule has 3 saturated heterocycles. The molecule has 3 fully saturated rings. The number of halogens is 1. The Morgan fingerprint density at radius 1 is 1.00 bits per heavy atom. The average molecular weight is 496 g/mol. The van der Waals surface area contributed by atoms with E-state index in [0.29, 0.717) is 25.2 Å². The van der Waals surface area contributed by atoms with Gasteiger partial charge >= 0.3 is 0 Å². The van der Waals surface area contributed by atoms with Crippen molar-refractivity contribution in [3.8, 4) is 0 Å². The van der Waals surface area contributed by atoms with Crippen molar-refractivity contribution < 1.29 is 9.59 Å². The highest BCUT2D eigenvalue weighted by Crippen LogP contribution is 2.36. The minimum Gasteiger partial charge on any atom is -0.303 e. The summed E-state index contributed by atoms with van der Waals surface area (Å²) in [6.45, 7) is 3.51. The molecule has 2 aromatic carbocycles. The monoisotopic (exact) mass is 495 g/mol. The Labute approximate surface area is 195 Å². The first-order valence-electron chi connectivity index (χ1n) is 11.1. The first-order chi connectivity index (χ1) is 15.0. The first kappa shape index (κ1) is 21.0. The Morgan fingerprint density at radius 3 is 2.48 bits per heavy atom. The summed E-state index contributed by atoms with van der Waals surface area (Å²) in [5.41, 5.74) is 2.04. The van der Waals surface area contributed by atoms with Crippen molar-refractivity contribution in [3.05, 3.63) is 69.0 Å². The van der Waals surface area contributed by atoms with Crippen LogP contribution in [0.2, 0.25) is 0 Å². The van der Waals surface area contributed by atoms with Crippen LogP contribution in [0.4, 0.5) is 0 Å². The molecule has 0 saturated carbocycles. The van der Waals surface area contributed by atoms with E-state index >= 15 is 0 Å². The summed E-state index contributed by atoms with van der Waals surface area (Å²) in [4.78, 5) is 28.9. The summed E-state index contributed by atoms with van der Waals surface area (Å²) in [6.07, 6.45) is 4.03. The van der Waals surface area contributed by atoms with E-state index in [0.717, 1.165) is 43.0 Å². The van der Waals surface area contributed by atoms with E-state index in [-0.39, 0.29) is 11.6 Å². The molecular formula is C26H26BrNO2S. The quantitative estimate of drug-likeness (QED) is 0.381. The first-order valence-corrected chi connectivity index (χ1v) is 12.7. The molecule has 31 heavy (non-hydrogen) atoms. The minimum absolute atomic E-state index is 0.202. The number of hydrogen-bond acceptors (Lipinski definition) is 4. The van der Waals surface area contributed by atoms with E-state index in [4.69, 9.17) is 0 Å². The van der Waals surface area contributed by atoms with Gasteiger partial charge in [-0.25, -0.2) is 0 Å². The van der Waals surface area contributed by atoms with Gasteiger partial charge in [0, 0.05) is 35.0 Å². The molecule has 3 aliphatic rings. The van der Waals surface area contributed by atoms with Crippen molar-refractivity contribution in [1.29, 1.82) is 0 Å². The smallest absolute Gasteiger partial charge is 0.173 e. The molecule has 2 bridgehead atoms. The topological polar surface area (TPSA) is 37.4 Å².